The number of hydrogen-bond donors (Lipinski definition) is 2. The summed E-state index contributed by atoms with van der Waals surface area (Å²) in [5, 5.41) is 6.44. The molecule has 0 spiro atoms. The summed E-state index contributed by atoms with van der Waals surface area (Å²) in [5.74, 6) is -0.0320. The second-order valence-corrected chi connectivity index (χ2v) is 6.03. The van der Waals surface area contributed by atoms with Crippen molar-refractivity contribution < 1.29 is 4.79 Å². The van der Waals surface area contributed by atoms with Crippen molar-refractivity contribution in [1.29, 1.82) is 0 Å². The minimum atomic E-state index is -0.0320. The predicted octanol–water partition coefficient (Wildman–Crippen LogP) is 2.78. The maximum absolute atomic E-state index is 11.1. The molecule has 2 N–H and O–H groups in total. The Morgan fingerprint density at radius 2 is 2.00 bits per heavy atom. The molecule has 1 heterocycles. The molecule has 1 saturated heterocycles. The molecule has 1 amide bonds. The number of hydrogen-bond acceptors (Lipinski definition) is 3. The number of amides is 1. The van der Waals surface area contributed by atoms with Gasteiger partial charge in [-0.15, -0.1) is 0 Å². The molecule has 4 nitrogen and oxygen atoms in total. The molecule has 1 aliphatic rings. The van der Waals surface area contributed by atoms with E-state index in [1.54, 1.807) is 0 Å². The van der Waals surface area contributed by atoms with E-state index in [9.17, 15) is 4.79 Å². The van der Waals surface area contributed by atoms with E-state index in [-0.39, 0.29) is 11.9 Å². The molecule has 0 bridgehead atoms. The van der Waals surface area contributed by atoms with Gasteiger partial charge in [-0.25, -0.2) is 0 Å². The number of rotatable bonds is 6. The lowest BCUT2D eigenvalue weighted by Crippen LogP contribution is -2.39. The highest BCUT2D eigenvalue weighted by Crippen LogP contribution is 2.18. The highest BCUT2D eigenvalue weighted by Gasteiger charge is 2.18. The maximum Gasteiger partial charge on any atom is 0.221 e. The highest BCUT2D eigenvalue weighted by molar-refractivity contribution is 5.88. The van der Waals surface area contributed by atoms with Crippen LogP contribution in [0, 0.1) is 0 Å². The van der Waals surface area contributed by atoms with Crippen LogP contribution in [0.25, 0.3) is 0 Å². The summed E-state index contributed by atoms with van der Waals surface area (Å²) < 4.78 is 0. The fourth-order valence-electron chi connectivity index (χ4n) is 2.87. The van der Waals surface area contributed by atoms with Crippen molar-refractivity contribution in [3.63, 3.8) is 0 Å². The van der Waals surface area contributed by atoms with E-state index < -0.39 is 0 Å². The first-order valence-corrected chi connectivity index (χ1v) is 7.91. The van der Waals surface area contributed by atoms with E-state index in [2.05, 4.69) is 35.4 Å². The summed E-state index contributed by atoms with van der Waals surface area (Å²) in [7, 11) is 0. The van der Waals surface area contributed by atoms with Crippen LogP contribution in [-0.2, 0) is 4.79 Å². The molecule has 0 aliphatic carbocycles. The smallest absolute Gasteiger partial charge is 0.221 e. The largest absolute Gasteiger partial charge is 0.326 e. The van der Waals surface area contributed by atoms with Crippen LogP contribution in [0.2, 0.25) is 0 Å². The lowest BCUT2D eigenvalue weighted by molar-refractivity contribution is -0.114. The van der Waals surface area contributed by atoms with Gasteiger partial charge in [0.25, 0.3) is 0 Å². The summed E-state index contributed by atoms with van der Waals surface area (Å²) in [5.41, 5.74) is 2.07. The van der Waals surface area contributed by atoms with Gasteiger partial charge >= 0.3 is 0 Å². The molecular weight excluding hydrogens is 262 g/mol. The van der Waals surface area contributed by atoms with Gasteiger partial charge in [0.15, 0.2) is 0 Å². The zero-order valence-electron chi connectivity index (χ0n) is 13.4. The van der Waals surface area contributed by atoms with Gasteiger partial charge in [0.2, 0.25) is 5.91 Å². The first kappa shape index (κ1) is 16.0. The van der Waals surface area contributed by atoms with Crippen molar-refractivity contribution in [1.82, 2.24) is 10.2 Å². The molecule has 2 rings (SSSR count). The van der Waals surface area contributed by atoms with Crippen molar-refractivity contribution in [3.05, 3.63) is 29.8 Å². The van der Waals surface area contributed by atoms with E-state index >= 15 is 0 Å². The maximum atomic E-state index is 11.1. The second kappa shape index (κ2) is 7.57. The Kier molecular flexibility index (Phi) is 5.76. The fraction of sp³-hybridized carbons (Fsp3) is 0.588. The second-order valence-electron chi connectivity index (χ2n) is 6.03. The average Bonchev–Trinajstić information content (AvgIpc) is 2.98. The van der Waals surface area contributed by atoms with Gasteiger partial charge in [0, 0.05) is 31.2 Å². The SMILES string of the molecule is CC(=O)Nc1cccc(C(C)NCC(C)N2CCCC2)c1. The minimum absolute atomic E-state index is 0.0320. The highest BCUT2D eigenvalue weighted by atomic mass is 16.1. The molecule has 0 radical (unpaired) electrons. The molecule has 0 saturated carbocycles. The zero-order chi connectivity index (χ0) is 15.2. The van der Waals surface area contributed by atoms with Crippen LogP contribution in [0.1, 0.15) is 45.2 Å². The Labute approximate surface area is 127 Å². The van der Waals surface area contributed by atoms with Crippen molar-refractivity contribution in [3.8, 4) is 0 Å². The van der Waals surface area contributed by atoms with Crippen LogP contribution in [-0.4, -0.2) is 36.5 Å². The third kappa shape index (κ3) is 4.83. The number of nitrogens with zero attached hydrogens (tertiary/aromatic N) is 1. The number of nitrogens with one attached hydrogen (secondary N) is 2. The standard InChI is InChI=1S/C17H27N3O/c1-13(20-9-4-5-10-20)12-18-14(2)16-7-6-8-17(11-16)19-15(3)21/h6-8,11,13-14,18H,4-5,9-10,12H2,1-3H3,(H,19,21). The van der Waals surface area contributed by atoms with E-state index in [4.69, 9.17) is 0 Å². The molecule has 1 fully saturated rings. The predicted molar refractivity (Wildman–Crippen MR) is 87.4 cm³/mol. The van der Waals surface area contributed by atoms with Gasteiger partial charge in [0.05, 0.1) is 0 Å². The van der Waals surface area contributed by atoms with Gasteiger partial charge in [-0.05, 0) is 57.5 Å². The molecule has 1 aromatic rings. The molecule has 2 unspecified atom stereocenters. The topological polar surface area (TPSA) is 44.4 Å². The molecule has 4 heteroatoms. The van der Waals surface area contributed by atoms with Crippen LogP contribution in [0.3, 0.4) is 0 Å². The fourth-order valence-corrected chi connectivity index (χ4v) is 2.87. The van der Waals surface area contributed by atoms with Gasteiger partial charge < -0.3 is 10.6 Å². The number of carbonyl (C=O) groups is 1. The minimum Gasteiger partial charge on any atom is -0.326 e. The first-order chi connectivity index (χ1) is 10.1. The number of anilines is 1. The normalized spacial score (nSPS) is 18.4. The summed E-state index contributed by atoms with van der Waals surface area (Å²) >= 11 is 0. The Balaban J connectivity index is 1.87. The molecule has 1 aliphatic heterocycles. The van der Waals surface area contributed by atoms with Gasteiger partial charge in [-0.3, -0.25) is 9.69 Å². The summed E-state index contributed by atoms with van der Waals surface area (Å²) in [6, 6.07) is 8.91. The molecule has 116 valence electrons. The monoisotopic (exact) mass is 289 g/mol. The van der Waals surface area contributed by atoms with E-state index in [1.165, 1.54) is 38.4 Å². The molecule has 21 heavy (non-hydrogen) atoms. The number of carbonyl (C=O) groups excluding carboxylic acids is 1. The lowest BCUT2D eigenvalue weighted by atomic mass is 10.1. The third-order valence-corrected chi connectivity index (χ3v) is 4.19. The van der Waals surface area contributed by atoms with Gasteiger partial charge in [-0.1, -0.05) is 12.1 Å². The van der Waals surface area contributed by atoms with E-state index in [0.717, 1.165) is 12.2 Å². The number of benzene rings is 1. The van der Waals surface area contributed by atoms with Crippen LogP contribution in [0.5, 0.6) is 0 Å². The quantitative estimate of drug-likeness (QED) is 0.846. The van der Waals surface area contributed by atoms with Crippen molar-refractivity contribution in [2.75, 3.05) is 25.0 Å². The van der Waals surface area contributed by atoms with E-state index in [1.807, 2.05) is 18.2 Å². The zero-order valence-corrected chi connectivity index (χ0v) is 13.4. The molecular formula is C17H27N3O. The van der Waals surface area contributed by atoms with Crippen molar-refractivity contribution >= 4 is 11.6 Å². The summed E-state index contributed by atoms with van der Waals surface area (Å²) in [6.07, 6.45) is 2.66. The third-order valence-electron chi connectivity index (χ3n) is 4.19. The lowest BCUT2D eigenvalue weighted by Gasteiger charge is -2.26. The Morgan fingerprint density at radius 3 is 2.67 bits per heavy atom. The van der Waals surface area contributed by atoms with Crippen LogP contribution >= 0.6 is 0 Å². The number of likely N-dealkylation sites (tertiary alicyclic amines) is 1. The summed E-state index contributed by atoms with van der Waals surface area (Å²) in [4.78, 5) is 13.7. The van der Waals surface area contributed by atoms with Crippen molar-refractivity contribution in [2.45, 2.75) is 45.7 Å². The molecule has 2 atom stereocenters. The first-order valence-electron chi connectivity index (χ1n) is 7.91. The molecule has 1 aromatic carbocycles. The Bertz CT molecular complexity index is 469. The Morgan fingerprint density at radius 1 is 1.29 bits per heavy atom. The average molecular weight is 289 g/mol. The summed E-state index contributed by atoms with van der Waals surface area (Å²) in [6.45, 7) is 9.45. The van der Waals surface area contributed by atoms with E-state index in [0.29, 0.717) is 6.04 Å². The van der Waals surface area contributed by atoms with Crippen molar-refractivity contribution in [2.24, 2.45) is 0 Å². The van der Waals surface area contributed by atoms with Crippen LogP contribution in [0.4, 0.5) is 5.69 Å². The van der Waals surface area contributed by atoms with Gasteiger partial charge in [0.1, 0.15) is 0 Å². The van der Waals surface area contributed by atoms with Crippen LogP contribution < -0.4 is 10.6 Å². The Hall–Kier alpha value is -1.39. The van der Waals surface area contributed by atoms with Crippen LogP contribution in [0.15, 0.2) is 24.3 Å². The molecule has 0 aromatic heterocycles. The van der Waals surface area contributed by atoms with Gasteiger partial charge in [-0.2, -0.15) is 0 Å².